The van der Waals surface area contributed by atoms with E-state index >= 15 is 0 Å². The first-order valence-electron chi connectivity index (χ1n) is 9.61. The Morgan fingerprint density at radius 2 is 1.61 bits per heavy atom. The van der Waals surface area contributed by atoms with Crippen LogP contribution in [0.15, 0.2) is 71.6 Å². The summed E-state index contributed by atoms with van der Waals surface area (Å²) in [6, 6.07) is 15.2. The van der Waals surface area contributed by atoms with Crippen LogP contribution in [0, 0.1) is 5.82 Å². The molecule has 0 aliphatic rings. The number of amides is 1. The smallest absolute Gasteiger partial charge is 0.337 e. The molecule has 0 aliphatic carbocycles. The summed E-state index contributed by atoms with van der Waals surface area (Å²) >= 11 is 6.13. The standard InChI is InChI=1S/C23H20ClFN2O5S/c1-27(14-15-3-5-16(6-4-15)23(29)32-2)22(28)17-7-12-20(24)21(13-17)26-33(30,31)19-10-8-18(25)9-11-19/h3-13,26H,14H2,1-2H3. The summed E-state index contributed by atoms with van der Waals surface area (Å²) in [7, 11) is -1.16. The van der Waals surface area contributed by atoms with Crippen LogP contribution in [-0.4, -0.2) is 39.4 Å². The van der Waals surface area contributed by atoms with E-state index in [2.05, 4.69) is 9.46 Å². The Morgan fingerprint density at radius 3 is 2.21 bits per heavy atom. The van der Waals surface area contributed by atoms with Crippen LogP contribution in [0.1, 0.15) is 26.3 Å². The third kappa shape index (κ3) is 5.88. The number of carbonyl (C=O) groups is 2. The minimum absolute atomic E-state index is 0.0164. The molecule has 0 aliphatic heterocycles. The molecule has 0 aromatic heterocycles. The van der Waals surface area contributed by atoms with Crippen molar-refractivity contribution in [2.45, 2.75) is 11.4 Å². The van der Waals surface area contributed by atoms with Gasteiger partial charge in [-0.3, -0.25) is 9.52 Å². The Bertz CT molecular complexity index is 1280. The van der Waals surface area contributed by atoms with Gasteiger partial charge in [0.1, 0.15) is 5.82 Å². The molecule has 0 unspecified atom stereocenters. The van der Waals surface area contributed by atoms with Crippen LogP contribution in [0.25, 0.3) is 0 Å². The highest BCUT2D eigenvalue weighted by Crippen LogP contribution is 2.27. The van der Waals surface area contributed by atoms with Crippen LogP contribution >= 0.6 is 11.6 Å². The highest BCUT2D eigenvalue weighted by molar-refractivity contribution is 7.92. The van der Waals surface area contributed by atoms with Crippen LogP contribution in [0.5, 0.6) is 0 Å². The Balaban J connectivity index is 1.76. The molecular formula is C23H20ClFN2O5S. The predicted molar refractivity (Wildman–Crippen MR) is 122 cm³/mol. The Morgan fingerprint density at radius 1 is 1.00 bits per heavy atom. The number of ether oxygens (including phenoxy) is 1. The number of hydrogen-bond donors (Lipinski definition) is 1. The number of benzene rings is 3. The van der Waals surface area contributed by atoms with E-state index in [9.17, 15) is 22.4 Å². The molecule has 0 atom stereocenters. The van der Waals surface area contributed by atoms with Gasteiger partial charge >= 0.3 is 5.97 Å². The van der Waals surface area contributed by atoms with E-state index in [4.69, 9.17) is 11.6 Å². The van der Waals surface area contributed by atoms with E-state index in [1.807, 2.05) is 0 Å². The molecule has 10 heteroatoms. The molecular weight excluding hydrogens is 471 g/mol. The first-order valence-corrected chi connectivity index (χ1v) is 11.5. The lowest BCUT2D eigenvalue weighted by atomic mass is 10.1. The number of sulfonamides is 1. The van der Waals surface area contributed by atoms with Crippen molar-refractivity contribution in [3.05, 3.63) is 94.3 Å². The highest BCUT2D eigenvalue weighted by atomic mass is 35.5. The van der Waals surface area contributed by atoms with E-state index in [0.717, 1.165) is 29.8 Å². The van der Waals surface area contributed by atoms with E-state index in [1.54, 1.807) is 31.3 Å². The van der Waals surface area contributed by atoms with Crippen LogP contribution in [-0.2, 0) is 21.3 Å². The summed E-state index contributed by atoms with van der Waals surface area (Å²) in [5.74, 6) is -1.39. The lowest BCUT2D eigenvalue weighted by Gasteiger charge is -2.18. The zero-order chi connectivity index (χ0) is 24.2. The Labute approximate surface area is 195 Å². The largest absolute Gasteiger partial charge is 0.465 e. The molecule has 0 saturated carbocycles. The Hall–Kier alpha value is -3.43. The number of nitrogens with one attached hydrogen (secondary N) is 1. The fraction of sp³-hybridized carbons (Fsp3) is 0.130. The van der Waals surface area contributed by atoms with E-state index < -0.39 is 21.8 Å². The van der Waals surface area contributed by atoms with Gasteiger partial charge in [-0.1, -0.05) is 23.7 Å². The maximum Gasteiger partial charge on any atom is 0.337 e. The normalized spacial score (nSPS) is 11.0. The maximum absolute atomic E-state index is 13.1. The maximum atomic E-state index is 13.1. The zero-order valence-corrected chi connectivity index (χ0v) is 19.3. The van der Waals surface area contributed by atoms with Crippen molar-refractivity contribution in [1.29, 1.82) is 0 Å². The van der Waals surface area contributed by atoms with E-state index in [1.165, 1.54) is 30.2 Å². The number of esters is 1. The highest BCUT2D eigenvalue weighted by Gasteiger charge is 2.19. The van der Waals surface area contributed by atoms with Crippen molar-refractivity contribution in [2.24, 2.45) is 0 Å². The van der Waals surface area contributed by atoms with Crippen molar-refractivity contribution in [3.8, 4) is 0 Å². The van der Waals surface area contributed by atoms with Crippen LogP contribution in [0.3, 0.4) is 0 Å². The second-order valence-electron chi connectivity index (χ2n) is 7.10. The summed E-state index contributed by atoms with van der Waals surface area (Å²) in [5.41, 5.74) is 1.41. The SMILES string of the molecule is COC(=O)c1ccc(CN(C)C(=O)c2ccc(Cl)c(NS(=O)(=O)c3ccc(F)cc3)c2)cc1. The third-order valence-corrected chi connectivity index (χ3v) is 6.43. The minimum atomic E-state index is -4.04. The van der Waals surface area contributed by atoms with E-state index in [-0.39, 0.29) is 33.6 Å². The molecule has 3 aromatic carbocycles. The second-order valence-corrected chi connectivity index (χ2v) is 9.19. The molecule has 0 fully saturated rings. The van der Waals surface area contributed by atoms with Gasteiger partial charge in [-0.25, -0.2) is 17.6 Å². The van der Waals surface area contributed by atoms with Gasteiger partial charge in [0, 0.05) is 19.2 Å². The number of rotatable bonds is 7. The number of anilines is 1. The fourth-order valence-corrected chi connectivity index (χ4v) is 4.28. The van der Waals surface area contributed by atoms with Gasteiger partial charge in [-0.05, 0) is 60.2 Å². The van der Waals surface area contributed by atoms with Gasteiger partial charge < -0.3 is 9.64 Å². The third-order valence-electron chi connectivity index (χ3n) is 4.72. The molecule has 3 aromatic rings. The van der Waals surface area contributed by atoms with Crippen LogP contribution in [0.4, 0.5) is 10.1 Å². The molecule has 0 saturated heterocycles. The summed E-state index contributed by atoms with van der Waals surface area (Å²) < 4.78 is 45.3. The van der Waals surface area contributed by atoms with Crippen molar-refractivity contribution in [1.82, 2.24) is 4.90 Å². The minimum Gasteiger partial charge on any atom is -0.465 e. The zero-order valence-electron chi connectivity index (χ0n) is 17.7. The summed E-state index contributed by atoms with van der Waals surface area (Å²) in [6.45, 7) is 0.250. The monoisotopic (exact) mass is 490 g/mol. The quantitative estimate of drug-likeness (QED) is 0.497. The average molecular weight is 491 g/mol. The molecule has 33 heavy (non-hydrogen) atoms. The number of halogens is 2. The van der Waals surface area contributed by atoms with Gasteiger partial charge in [-0.2, -0.15) is 0 Å². The molecule has 3 rings (SSSR count). The number of hydrogen-bond acceptors (Lipinski definition) is 5. The van der Waals surface area contributed by atoms with Gasteiger partial charge in [0.25, 0.3) is 15.9 Å². The summed E-state index contributed by atoms with van der Waals surface area (Å²) in [4.78, 5) is 25.7. The van der Waals surface area contributed by atoms with E-state index in [0.29, 0.717) is 5.56 Å². The molecule has 7 nitrogen and oxygen atoms in total. The first-order chi connectivity index (χ1) is 15.6. The van der Waals surface area contributed by atoms with Gasteiger partial charge in [0.15, 0.2) is 0 Å². The number of carbonyl (C=O) groups excluding carboxylic acids is 2. The lowest BCUT2D eigenvalue weighted by Crippen LogP contribution is -2.26. The van der Waals surface area contributed by atoms with Gasteiger partial charge in [0.05, 0.1) is 28.3 Å². The summed E-state index contributed by atoms with van der Waals surface area (Å²) in [5, 5.41) is 0.0956. The molecule has 1 N–H and O–H groups in total. The van der Waals surface area contributed by atoms with Crippen molar-refractivity contribution >= 4 is 39.2 Å². The van der Waals surface area contributed by atoms with Crippen molar-refractivity contribution < 1.29 is 27.1 Å². The second kappa shape index (κ2) is 10.0. The molecule has 172 valence electrons. The Kier molecular flexibility index (Phi) is 7.35. The fourth-order valence-electron chi connectivity index (χ4n) is 2.98. The number of methoxy groups -OCH3 is 1. The molecule has 0 bridgehead atoms. The van der Waals surface area contributed by atoms with Crippen molar-refractivity contribution in [2.75, 3.05) is 18.9 Å². The molecule has 0 spiro atoms. The van der Waals surface area contributed by atoms with Crippen LogP contribution < -0.4 is 4.72 Å². The predicted octanol–water partition coefficient (Wildman–Crippen LogP) is 4.34. The van der Waals surface area contributed by atoms with Crippen LogP contribution in [0.2, 0.25) is 5.02 Å². The van der Waals surface area contributed by atoms with Gasteiger partial charge in [-0.15, -0.1) is 0 Å². The first kappa shape index (κ1) is 24.2. The molecule has 1 amide bonds. The van der Waals surface area contributed by atoms with Gasteiger partial charge in [0.2, 0.25) is 0 Å². The van der Waals surface area contributed by atoms with Crippen molar-refractivity contribution in [3.63, 3.8) is 0 Å². The molecule has 0 radical (unpaired) electrons. The lowest BCUT2D eigenvalue weighted by molar-refractivity contribution is 0.0600. The number of nitrogens with zero attached hydrogens (tertiary/aromatic N) is 1. The average Bonchev–Trinajstić information content (AvgIpc) is 2.80. The molecule has 0 heterocycles. The topological polar surface area (TPSA) is 92.8 Å². The summed E-state index contributed by atoms with van der Waals surface area (Å²) in [6.07, 6.45) is 0.